The van der Waals surface area contributed by atoms with Gasteiger partial charge in [0, 0.05) is 19.7 Å². The Bertz CT molecular complexity index is 479. The monoisotopic (exact) mass is 332 g/mol. The fraction of sp³-hybridized carbons (Fsp3) is 0.650. The van der Waals surface area contributed by atoms with E-state index in [1.54, 1.807) is 0 Å². The number of ether oxygens (including phenoxy) is 1. The van der Waals surface area contributed by atoms with Crippen LogP contribution in [0.5, 0.6) is 0 Å². The van der Waals surface area contributed by atoms with Gasteiger partial charge in [0.05, 0.1) is 12.5 Å². The van der Waals surface area contributed by atoms with E-state index in [1.165, 1.54) is 18.4 Å². The van der Waals surface area contributed by atoms with Crippen LogP contribution in [0.25, 0.3) is 0 Å². The first-order valence-electron chi connectivity index (χ1n) is 9.40. The summed E-state index contributed by atoms with van der Waals surface area (Å²) in [5.41, 5.74) is 7.96. The van der Waals surface area contributed by atoms with E-state index in [-0.39, 0.29) is 5.91 Å². The summed E-state index contributed by atoms with van der Waals surface area (Å²) in [5.74, 6) is 0.233. The minimum absolute atomic E-state index is 0.233. The Morgan fingerprint density at radius 1 is 1.17 bits per heavy atom. The van der Waals surface area contributed by atoms with E-state index in [4.69, 9.17) is 10.5 Å². The highest BCUT2D eigenvalue weighted by atomic mass is 16.5. The molecule has 0 aromatic heterocycles. The number of nitrogens with two attached hydrogens (primary N) is 1. The number of carbonyl (C=O) groups excluding carboxylic acids is 1. The molecule has 1 aliphatic rings. The lowest BCUT2D eigenvalue weighted by Gasteiger charge is -2.32. The van der Waals surface area contributed by atoms with Crippen molar-refractivity contribution >= 4 is 5.91 Å². The zero-order valence-corrected chi connectivity index (χ0v) is 15.0. The number of piperidine rings is 1. The van der Waals surface area contributed by atoms with Crippen molar-refractivity contribution in [3.05, 3.63) is 35.4 Å². The lowest BCUT2D eigenvalue weighted by molar-refractivity contribution is -0.133. The third-order valence-electron chi connectivity index (χ3n) is 4.69. The van der Waals surface area contributed by atoms with Crippen LogP contribution in [0.3, 0.4) is 0 Å². The maximum absolute atomic E-state index is 12.5. The fourth-order valence-electron chi connectivity index (χ4n) is 3.10. The summed E-state index contributed by atoms with van der Waals surface area (Å²) in [6, 6.07) is 8.53. The summed E-state index contributed by atoms with van der Waals surface area (Å²) < 4.78 is 5.80. The first-order valence-corrected chi connectivity index (χ1v) is 9.40. The molecule has 1 amide bonds. The third-order valence-corrected chi connectivity index (χ3v) is 4.69. The van der Waals surface area contributed by atoms with Crippen LogP contribution in [-0.4, -0.2) is 43.2 Å². The molecule has 4 heteroatoms. The van der Waals surface area contributed by atoms with Crippen molar-refractivity contribution < 1.29 is 9.53 Å². The van der Waals surface area contributed by atoms with Crippen LogP contribution in [-0.2, 0) is 22.4 Å². The average molecular weight is 332 g/mol. The standard InChI is InChI=1S/C20H32N2O2/c1-2-3-5-17-6-8-18(9-7-17)16-20(23)22-13-10-19(11-14-22)24-15-4-12-21/h6-9,19H,2-5,10-16,21H2,1H3. The summed E-state index contributed by atoms with van der Waals surface area (Å²) in [6.07, 6.45) is 7.15. The average Bonchev–Trinajstić information content (AvgIpc) is 2.62. The summed E-state index contributed by atoms with van der Waals surface area (Å²) in [5, 5.41) is 0. The normalized spacial score (nSPS) is 15.7. The molecule has 0 radical (unpaired) electrons. The molecule has 1 saturated heterocycles. The van der Waals surface area contributed by atoms with Crippen LogP contribution < -0.4 is 5.73 Å². The number of likely N-dealkylation sites (tertiary alicyclic amines) is 1. The Labute approximate surface area is 146 Å². The predicted octanol–water partition coefficient (Wildman–Crippen LogP) is 2.93. The van der Waals surface area contributed by atoms with Crippen LogP contribution in [0.1, 0.15) is 50.2 Å². The van der Waals surface area contributed by atoms with Crippen molar-refractivity contribution in [1.82, 2.24) is 4.90 Å². The molecule has 0 unspecified atom stereocenters. The number of aryl methyl sites for hydroxylation is 1. The molecule has 1 aromatic rings. The topological polar surface area (TPSA) is 55.6 Å². The zero-order chi connectivity index (χ0) is 17.2. The number of hydrogen-bond donors (Lipinski definition) is 1. The van der Waals surface area contributed by atoms with E-state index < -0.39 is 0 Å². The Morgan fingerprint density at radius 3 is 2.46 bits per heavy atom. The Hall–Kier alpha value is -1.39. The Kier molecular flexibility index (Phi) is 8.26. The van der Waals surface area contributed by atoms with Crippen molar-refractivity contribution in [3.63, 3.8) is 0 Å². The lowest BCUT2D eigenvalue weighted by Crippen LogP contribution is -2.41. The minimum Gasteiger partial charge on any atom is -0.378 e. The van der Waals surface area contributed by atoms with Crippen LogP contribution in [0.2, 0.25) is 0 Å². The van der Waals surface area contributed by atoms with Gasteiger partial charge in [0.1, 0.15) is 0 Å². The van der Waals surface area contributed by atoms with Crippen molar-refractivity contribution in [2.75, 3.05) is 26.2 Å². The second-order valence-electron chi connectivity index (χ2n) is 6.69. The Morgan fingerprint density at radius 2 is 1.83 bits per heavy atom. The van der Waals surface area contributed by atoms with Gasteiger partial charge in [0.2, 0.25) is 5.91 Å². The maximum Gasteiger partial charge on any atom is 0.226 e. The van der Waals surface area contributed by atoms with Crippen LogP contribution in [0.15, 0.2) is 24.3 Å². The van der Waals surface area contributed by atoms with E-state index in [2.05, 4.69) is 31.2 Å². The second-order valence-corrected chi connectivity index (χ2v) is 6.69. The summed E-state index contributed by atoms with van der Waals surface area (Å²) in [7, 11) is 0. The molecule has 1 heterocycles. The molecule has 1 aromatic carbocycles. The van der Waals surface area contributed by atoms with E-state index in [0.717, 1.165) is 50.9 Å². The summed E-state index contributed by atoms with van der Waals surface area (Å²) in [4.78, 5) is 14.4. The minimum atomic E-state index is 0.233. The summed E-state index contributed by atoms with van der Waals surface area (Å²) >= 11 is 0. The van der Waals surface area contributed by atoms with E-state index in [0.29, 0.717) is 19.1 Å². The SMILES string of the molecule is CCCCc1ccc(CC(=O)N2CCC(OCCCN)CC2)cc1. The molecule has 2 N–H and O–H groups in total. The highest BCUT2D eigenvalue weighted by molar-refractivity contribution is 5.78. The number of amides is 1. The van der Waals surface area contributed by atoms with Crippen LogP contribution in [0, 0.1) is 0 Å². The molecule has 1 fully saturated rings. The van der Waals surface area contributed by atoms with Gasteiger partial charge in [-0.05, 0) is 49.8 Å². The molecule has 0 atom stereocenters. The van der Waals surface area contributed by atoms with Gasteiger partial charge in [-0.3, -0.25) is 4.79 Å². The van der Waals surface area contributed by atoms with Crippen molar-refractivity contribution in [2.24, 2.45) is 5.73 Å². The zero-order valence-electron chi connectivity index (χ0n) is 15.0. The third kappa shape index (κ3) is 6.25. The number of carbonyl (C=O) groups is 1. The quantitative estimate of drug-likeness (QED) is 0.707. The molecule has 0 bridgehead atoms. The molecule has 2 rings (SSSR count). The molecule has 4 nitrogen and oxygen atoms in total. The number of hydrogen-bond acceptors (Lipinski definition) is 3. The fourth-order valence-corrected chi connectivity index (χ4v) is 3.10. The van der Waals surface area contributed by atoms with Crippen LogP contribution in [0.4, 0.5) is 0 Å². The van der Waals surface area contributed by atoms with Gasteiger partial charge in [-0.1, -0.05) is 37.6 Å². The van der Waals surface area contributed by atoms with Gasteiger partial charge in [0.15, 0.2) is 0 Å². The molecule has 0 saturated carbocycles. The number of nitrogens with zero attached hydrogens (tertiary/aromatic N) is 1. The van der Waals surface area contributed by atoms with E-state index in [9.17, 15) is 4.79 Å². The molecule has 1 aliphatic heterocycles. The van der Waals surface area contributed by atoms with Gasteiger partial charge >= 0.3 is 0 Å². The van der Waals surface area contributed by atoms with Gasteiger partial charge in [0.25, 0.3) is 0 Å². The molecule has 0 spiro atoms. The predicted molar refractivity (Wildman–Crippen MR) is 98.0 cm³/mol. The number of benzene rings is 1. The van der Waals surface area contributed by atoms with Crippen LogP contribution >= 0.6 is 0 Å². The van der Waals surface area contributed by atoms with Gasteiger partial charge < -0.3 is 15.4 Å². The smallest absolute Gasteiger partial charge is 0.226 e. The Balaban J connectivity index is 1.73. The lowest BCUT2D eigenvalue weighted by atomic mass is 10.0. The highest BCUT2D eigenvalue weighted by Gasteiger charge is 2.23. The van der Waals surface area contributed by atoms with Crippen molar-refractivity contribution in [1.29, 1.82) is 0 Å². The largest absolute Gasteiger partial charge is 0.378 e. The van der Waals surface area contributed by atoms with E-state index >= 15 is 0 Å². The second kappa shape index (κ2) is 10.5. The first-order chi connectivity index (χ1) is 11.7. The van der Waals surface area contributed by atoms with Gasteiger partial charge in [-0.2, -0.15) is 0 Å². The number of unbranched alkanes of at least 4 members (excludes halogenated alkanes) is 1. The highest BCUT2D eigenvalue weighted by Crippen LogP contribution is 2.16. The van der Waals surface area contributed by atoms with Gasteiger partial charge in [-0.15, -0.1) is 0 Å². The molecule has 24 heavy (non-hydrogen) atoms. The molecule has 134 valence electrons. The van der Waals surface area contributed by atoms with Gasteiger partial charge in [-0.25, -0.2) is 0 Å². The maximum atomic E-state index is 12.5. The number of rotatable bonds is 9. The molecular weight excluding hydrogens is 300 g/mol. The molecule has 0 aliphatic carbocycles. The van der Waals surface area contributed by atoms with Crippen molar-refractivity contribution in [2.45, 2.75) is 58.0 Å². The summed E-state index contributed by atoms with van der Waals surface area (Å²) in [6.45, 7) is 5.23. The molecular formula is C20H32N2O2. The van der Waals surface area contributed by atoms with Crippen molar-refractivity contribution in [3.8, 4) is 0 Å². The first kappa shape index (κ1) is 18.9. The van der Waals surface area contributed by atoms with E-state index in [1.807, 2.05) is 4.90 Å².